The predicted molar refractivity (Wildman–Crippen MR) is 168 cm³/mol. The van der Waals surface area contributed by atoms with Crippen LogP contribution in [0.2, 0.25) is 0 Å². The van der Waals surface area contributed by atoms with Gasteiger partial charge in [-0.1, -0.05) is 59.9 Å². The topological polar surface area (TPSA) is 57.8 Å². The van der Waals surface area contributed by atoms with E-state index >= 15 is 0 Å². The molecule has 7 heteroatoms. The van der Waals surface area contributed by atoms with E-state index in [-0.39, 0.29) is 11.6 Å². The Labute approximate surface area is 248 Å². The minimum absolute atomic E-state index is 0.0338. The number of ether oxygens (including phenoxy) is 2. The van der Waals surface area contributed by atoms with Crippen LogP contribution < -0.4 is 24.4 Å². The molecule has 7 rings (SSSR count). The zero-order chi connectivity index (χ0) is 29.0. The number of hydrogen-bond acceptors (Lipinski definition) is 5. The van der Waals surface area contributed by atoms with E-state index in [2.05, 4.69) is 60.9 Å². The van der Waals surface area contributed by atoms with Gasteiger partial charge in [0.05, 0.1) is 30.5 Å². The third-order valence-corrected chi connectivity index (χ3v) is 9.35. The van der Waals surface area contributed by atoms with Crippen molar-refractivity contribution >= 4 is 23.1 Å². The summed E-state index contributed by atoms with van der Waals surface area (Å²) in [6, 6.07) is 26.6. The fraction of sp³-hybridized carbons (Fsp3) is 0.200. The quantitative estimate of drug-likeness (QED) is 0.269. The lowest BCUT2D eigenvalue weighted by molar-refractivity contribution is 0.354. The Balaban J connectivity index is 1.45. The largest absolute Gasteiger partial charge is 0.493 e. The van der Waals surface area contributed by atoms with Crippen molar-refractivity contribution in [2.75, 3.05) is 14.2 Å². The fourth-order valence-corrected chi connectivity index (χ4v) is 7.39. The van der Waals surface area contributed by atoms with E-state index in [4.69, 9.17) is 14.5 Å². The summed E-state index contributed by atoms with van der Waals surface area (Å²) in [4.78, 5) is 20.1. The Kier molecular flexibility index (Phi) is 6.47. The molecule has 2 aromatic heterocycles. The summed E-state index contributed by atoms with van der Waals surface area (Å²) in [5.41, 5.74) is 9.85. The van der Waals surface area contributed by atoms with E-state index in [1.165, 1.54) is 16.9 Å². The molecule has 0 fully saturated rings. The van der Waals surface area contributed by atoms with Gasteiger partial charge in [0, 0.05) is 22.6 Å². The average Bonchev–Trinajstić information content (AvgIpc) is 3.49. The molecule has 2 aliphatic rings. The molecule has 1 aliphatic carbocycles. The van der Waals surface area contributed by atoms with Crippen LogP contribution in [0.1, 0.15) is 46.1 Å². The molecule has 1 atom stereocenters. The van der Waals surface area contributed by atoms with Crippen LogP contribution in [0, 0.1) is 13.8 Å². The van der Waals surface area contributed by atoms with Gasteiger partial charge in [0.2, 0.25) is 0 Å². The van der Waals surface area contributed by atoms with Gasteiger partial charge in [-0.25, -0.2) is 4.99 Å². The van der Waals surface area contributed by atoms with Gasteiger partial charge in [-0.3, -0.25) is 9.36 Å². The molecule has 0 N–H and O–H groups in total. The second-order valence-electron chi connectivity index (χ2n) is 10.7. The molecule has 3 aromatic carbocycles. The van der Waals surface area contributed by atoms with Crippen molar-refractivity contribution in [1.29, 1.82) is 0 Å². The highest BCUT2D eigenvalue weighted by Gasteiger charge is 2.33. The summed E-state index contributed by atoms with van der Waals surface area (Å²) in [6.45, 7) is 4.20. The lowest BCUT2D eigenvalue weighted by Gasteiger charge is -2.31. The number of rotatable bonds is 5. The number of para-hydroxylation sites is 1. The van der Waals surface area contributed by atoms with Gasteiger partial charge in [0.15, 0.2) is 16.3 Å². The molecule has 3 heterocycles. The number of hydrogen-bond donors (Lipinski definition) is 0. The number of nitrogens with zero attached hydrogens (tertiary/aromatic N) is 3. The first-order valence-corrected chi connectivity index (χ1v) is 14.9. The molecule has 0 saturated heterocycles. The lowest BCUT2D eigenvalue weighted by atomic mass is 9.83. The van der Waals surface area contributed by atoms with Crippen LogP contribution in [0.25, 0.3) is 17.5 Å². The second kappa shape index (κ2) is 10.3. The van der Waals surface area contributed by atoms with Crippen LogP contribution in [0.3, 0.4) is 0 Å². The smallest absolute Gasteiger partial charge is 0.271 e. The van der Waals surface area contributed by atoms with Crippen molar-refractivity contribution in [2.45, 2.75) is 32.7 Å². The third-order valence-electron chi connectivity index (χ3n) is 8.37. The summed E-state index contributed by atoms with van der Waals surface area (Å²) < 4.78 is 16.0. The minimum Gasteiger partial charge on any atom is -0.493 e. The van der Waals surface area contributed by atoms with E-state index in [9.17, 15) is 4.79 Å². The minimum atomic E-state index is -0.289. The molecule has 5 aromatic rings. The van der Waals surface area contributed by atoms with Crippen LogP contribution in [-0.4, -0.2) is 23.4 Å². The monoisotopic (exact) mass is 573 g/mol. The van der Waals surface area contributed by atoms with Crippen molar-refractivity contribution in [1.82, 2.24) is 9.13 Å². The number of aryl methyl sites for hydroxylation is 2. The van der Waals surface area contributed by atoms with Gasteiger partial charge >= 0.3 is 0 Å². The average molecular weight is 574 g/mol. The molecule has 6 nitrogen and oxygen atoms in total. The summed E-state index contributed by atoms with van der Waals surface area (Å²) in [7, 11) is 3.27. The van der Waals surface area contributed by atoms with Crippen LogP contribution in [0.15, 0.2) is 94.2 Å². The van der Waals surface area contributed by atoms with Gasteiger partial charge in [0.25, 0.3) is 5.56 Å². The first-order valence-electron chi connectivity index (χ1n) is 14.1. The van der Waals surface area contributed by atoms with Crippen molar-refractivity contribution in [3.63, 3.8) is 0 Å². The van der Waals surface area contributed by atoms with E-state index in [1.807, 2.05) is 47.0 Å². The Morgan fingerprint density at radius 3 is 2.45 bits per heavy atom. The van der Waals surface area contributed by atoms with E-state index in [0.717, 1.165) is 57.9 Å². The van der Waals surface area contributed by atoms with Crippen LogP contribution >= 0.6 is 11.3 Å². The third kappa shape index (κ3) is 4.15. The van der Waals surface area contributed by atoms with Crippen LogP contribution in [0.5, 0.6) is 11.5 Å². The molecule has 0 unspecified atom stereocenters. The molecule has 1 aliphatic heterocycles. The summed E-state index contributed by atoms with van der Waals surface area (Å²) in [5, 5.41) is 0. The standard InChI is InChI=1S/C35H31N3O3S/c1-21-18-25(22(2)37(21)26-11-6-5-7-12-26)20-31-34(39)38-33(24-15-17-29(40-3)30(19-24)41-4)28-16-14-23-10-8-9-13-27(23)32(28)36-35(38)42-31/h5-13,15,17-20,33H,14,16H2,1-4H3/b31-20+/t33-/m0/s1. The highest BCUT2D eigenvalue weighted by Crippen LogP contribution is 2.42. The molecular weight excluding hydrogens is 542 g/mol. The van der Waals surface area contributed by atoms with E-state index in [0.29, 0.717) is 20.8 Å². The number of thiazole rings is 1. The molecular formula is C35H31N3O3S. The second-order valence-corrected chi connectivity index (χ2v) is 11.7. The fourth-order valence-electron chi connectivity index (χ4n) is 6.39. The number of fused-ring (bicyclic) bond motifs is 3. The molecule has 0 saturated carbocycles. The Hall–Kier alpha value is -4.62. The maximum absolute atomic E-state index is 14.3. The highest BCUT2D eigenvalue weighted by atomic mass is 32.1. The summed E-state index contributed by atoms with van der Waals surface area (Å²) in [6.07, 6.45) is 3.76. The molecule has 210 valence electrons. The van der Waals surface area contributed by atoms with Gasteiger partial charge in [-0.15, -0.1) is 0 Å². The zero-order valence-corrected chi connectivity index (χ0v) is 24.9. The lowest BCUT2D eigenvalue weighted by Crippen LogP contribution is -2.38. The van der Waals surface area contributed by atoms with Gasteiger partial charge < -0.3 is 14.0 Å². The zero-order valence-electron chi connectivity index (χ0n) is 24.0. The van der Waals surface area contributed by atoms with Gasteiger partial charge in [-0.2, -0.15) is 0 Å². The van der Waals surface area contributed by atoms with Crippen LogP contribution in [-0.2, 0) is 6.42 Å². The number of benzene rings is 3. The van der Waals surface area contributed by atoms with Crippen molar-refractivity contribution < 1.29 is 9.47 Å². The Morgan fingerprint density at radius 1 is 0.905 bits per heavy atom. The van der Waals surface area contributed by atoms with Crippen LogP contribution in [0.4, 0.5) is 0 Å². The maximum Gasteiger partial charge on any atom is 0.271 e. The summed E-state index contributed by atoms with van der Waals surface area (Å²) >= 11 is 1.45. The Bertz CT molecular complexity index is 2060. The molecule has 0 radical (unpaired) electrons. The molecule has 0 bridgehead atoms. The first-order chi connectivity index (χ1) is 20.5. The molecule has 0 amide bonds. The van der Waals surface area contributed by atoms with E-state index < -0.39 is 0 Å². The van der Waals surface area contributed by atoms with E-state index in [1.54, 1.807) is 14.2 Å². The van der Waals surface area contributed by atoms with Gasteiger partial charge in [0.1, 0.15) is 0 Å². The molecule has 0 spiro atoms. The number of methoxy groups -OCH3 is 2. The highest BCUT2D eigenvalue weighted by molar-refractivity contribution is 7.07. The summed E-state index contributed by atoms with van der Waals surface area (Å²) in [5.74, 6) is 1.30. The number of allylic oxidation sites excluding steroid dienone is 1. The number of aromatic nitrogens is 2. The maximum atomic E-state index is 14.3. The SMILES string of the molecule is COc1ccc([C@H]2C3=C(N=c4s/c(=C/c5cc(C)n(-c6ccccc6)c5C)c(=O)n42)c2ccccc2CC3)cc1OC. The van der Waals surface area contributed by atoms with Crippen molar-refractivity contribution in [2.24, 2.45) is 4.99 Å². The van der Waals surface area contributed by atoms with Crippen molar-refractivity contribution in [3.05, 3.63) is 138 Å². The van der Waals surface area contributed by atoms with Gasteiger partial charge in [-0.05, 0) is 85.4 Å². The Morgan fingerprint density at radius 2 is 1.67 bits per heavy atom. The molecule has 42 heavy (non-hydrogen) atoms. The van der Waals surface area contributed by atoms with Crippen molar-refractivity contribution in [3.8, 4) is 17.2 Å². The predicted octanol–water partition coefficient (Wildman–Crippen LogP) is 5.74. The normalized spacial score (nSPS) is 16.0. The first kappa shape index (κ1) is 26.3.